The molecule has 2 heterocycles. The minimum absolute atomic E-state index is 0.0740. The normalized spacial score (nSPS) is 27.2. The Bertz CT molecular complexity index is 480. The molecule has 0 saturated carbocycles. The quantitative estimate of drug-likeness (QED) is 0.855. The first-order valence-corrected chi connectivity index (χ1v) is 7.61. The third-order valence-electron chi connectivity index (χ3n) is 4.39. The van der Waals surface area contributed by atoms with Crippen molar-refractivity contribution in [3.05, 3.63) is 35.9 Å². The Kier molecular flexibility index (Phi) is 4.53. The van der Waals surface area contributed by atoms with Gasteiger partial charge in [0.1, 0.15) is 6.04 Å². The van der Waals surface area contributed by atoms with Gasteiger partial charge in [-0.3, -0.25) is 15.0 Å². The van der Waals surface area contributed by atoms with Crippen molar-refractivity contribution in [3.8, 4) is 0 Å². The number of rotatable bonds is 5. The van der Waals surface area contributed by atoms with Gasteiger partial charge < -0.3 is 9.84 Å². The molecule has 2 aliphatic heterocycles. The van der Waals surface area contributed by atoms with Crippen LogP contribution >= 0.6 is 0 Å². The molecule has 2 saturated heterocycles. The van der Waals surface area contributed by atoms with Crippen LogP contribution in [0, 0.1) is 0 Å². The number of fused-ring (bicyclic) bond motifs is 1. The fraction of sp³-hybridized carbons (Fsp3) is 0.562. The molecule has 0 aliphatic carbocycles. The van der Waals surface area contributed by atoms with Crippen LogP contribution in [-0.2, 0) is 9.53 Å². The molecule has 1 aromatic carbocycles. The topological polar surface area (TPSA) is 61.8 Å². The summed E-state index contributed by atoms with van der Waals surface area (Å²) in [6, 6.07) is 9.18. The van der Waals surface area contributed by atoms with Crippen LogP contribution < -0.4 is 5.32 Å². The molecule has 0 aromatic heterocycles. The summed E-state index contributed by atoms with van der Waals surface area (Å²) >= 11 is 0. The average molecular weight is 290 g/mol. The number of ether oxygens (including phenoxy) is 1. The molecule has 2 aliphatic rings. The molecule has 21 heavy (non-hydrogen) atoms. The fourth-order valence-corrected chi connectivity index (χ4v) is 3.25. The van der Waals surface area contributed by atoms with Crippen molar-refractivity contribution in [2.45, 2.75) is 31.0 Å². The number of aliphatic carboxylic acids is 1. The maximum atomic E-state index is 11.4. The molecule has 3 unspecified atom stereocenters. The van der Waals surface area contributed by atoms with Crippen molar-refractivity contribution < 1.29 is 14.6 Å². The van der Waals surface area contributed by atoms with Gasteiger partial charge in [0.05, 0.1) is 12.7 Å². The molecule has 3 atom stereocenters. The average Bonchev–Trinajstić information content (AvgIpc) is 2.96. The SMILES string of the molecule is O=C(O)C(NCC1CN2CCCC2CO1)c1ccccc1. The lowest BCUT2D eigenvalue weighted by molar-refractivity contribution is -0.140. The molecule has 114 valence electrons. The number of carboxylic acids is 1. The van der Waals surface area contributed by atoms with Crippen molar-refractivity contribution in [2.75, 3.05) is 26.2 Å². The summed E-state index contributed by atoms with van der Waals surface area (Å²) in [5, 5.41) is 12.5. The highest BCUT2D eigenvalue weighted by molar-refractivity contribution is 5.75. The lowest BCUT2D eigenvalue weighted by Crippen LogP contribution is -2.50. The molecule has 0 radical (unpaired) electrons. The molecule has 1 aromatic rings. The van der Waals surface area contributed by atoms with Gasteiger partial charge in [0, 0.05) is 19.1 Å². The zero-order valence-electron chi connectivity index (χ0n) is 12.1. The molecular weight excluding hydrogens is 268 g/mol. The van der Waals surface area contributed by atoms with E-state index in [1.165, 1.54) is 12.8 Å². The number of nitrogens with one attached hydrogen (secondary N) is 1. The number of morpholine rings is 1. The first kappa shape index (κ1) is 14.5. The van der Waals surface area contributed by atoms with E-state index in [1.807, 2.05) is 30.3 Å². The second-order valence-corrected chi connectivity index (χ2v) is 5.84. The minimum atomic E-state index is -0.851. The first-order valence-electron chi connectivity index (χ1n) is 7.61. The summed E-state index contributed by atoms with van der Waals surface area (Å²) in [5.74, 6) is -0.851. The van der Waals surface area contributed by atoms with Gasteiger partial charge in [-0.2, -0.15) is 0 Å². The molecule has 0 spiro atoms. The Labute approximate surface area is 124 Å². The van der Waals surface area contributed by atoms with E-state index < -0.39 is 12.0 Å². The van der Waals surface area contributed by atoms with Crippen LogP contribution in [0.15, 0.2) is 30.3 Å². The Balaban J connectivity index is 1.56. The predicted molar refractivity (Wildman–Crippen MR) is 79.2 cm³/mol. The third-order valence-corrected chi connectivity index (χ3v) is 4.39. The summed E-state index contributed by atoms with van der Waals surface area (Å²) in [6.45, 7) is 3.38. The Morgan fingerprint density at radius 3 is 3.00 bits per heavy atom. The van der Waals surface area contributed by atoms with Gasteiger partial charge in [0.25, 0.3) is 0 Å². The van der Waals surface area contributed by atoms with Crippen LogP contribution in [0.4, 0.5) is 0 Å². The summed E-state index contributed by atoms with van der Waals surface area (Å²) in [6.07, 6.45) is 2.54. The summed E-state index contributed by atoms with van der Waals surface area (Å²) in [5.41, 5.74) is 0.778. The van der Waals surface area contributed by atoms with Gasteiger partial charge in [-0.15, -0.1) is 0 Å². The van der Waals surface area contributed by atoms with E-state index in [9.17, 15) is 9.90 Å². The molecule has 2 fully saturated rings. The van der Waals surface area contributed by atoms with Crippen molar-refractivity contribution in [2.24, 2.45) is 0 Å². The van der Waals surface area contributed by atoms with Crippen LogP contribution in [0.25, 0.3) is 0 Å². The summed E-state index contributed by atoms with van der Waals surface area (Å²) < 4.78 is 5.86. The van der Waals surface area contributed by atoms with Gasteiger partial charge in [-0.05, 0) is 24.9 Å². The van der Waals surface area contributed by atoms with Crippen molar-refractivity contribution in [3.63, 3.8) is 0 Å². The highest BCUT2D eigenvalue weighted by Gasteiger charge is 2.32. The van der Waals surface area contributed by atoms with Crippen LogP contribution in [0.3, 0.4) is 0 Å². The van der Waals surface area contributed by atoms with Gasteiger partial charge in [0.2, 0.25) is 0 Å². The molecule has 0 bridgehead atoms. The largest absolute Gasteiger partial charge is 0.480 e. The molecule has 5 heteroatoms. The highest BCUT2D eigenvalue weighted by Crippen LogP contribution is 2.22. The van der Waals surface area contributed by atoms with Crippen LogP contribution in [0.1, 0.15) is 24.4 Å². The zero-order valence-corrected chi connectivity index (χ0v) is 12.1. The van der Waals surface area contributed by atoms with E-state index in [0.717, 1.165) is 25.3 Å². The number of benzene rings is 1. The second kappa shape index (κ2) is 6.56. The number of hydrogen-bond acceptors (Lipinski definition) is 4. The highest BCUT2D eigenvalue weighted by atomic mass is 16.5. The van der Waals surface area contributed by atoms with E-state index >= 15 is 0 Å². The van der Waals surface area contributed by atoms with Crippen molar-refractivity contribution in [1.82, 2.24) is 10.2 Å². The molecule has 0 amide bonds. The number of carbonyl (C=O) groups is 1. The lowest BCUT2D eigenvalue weighted by atomic mass is 10.1. The molecule has 2 N–H and O–H groups in total. The van der Waals surface area contributed by atoms with E-state index in [4.69, 9.17) is 4.74 Å². The Morgan fingerprint density at radius 1 is 1.43 bits per heavy atom. The van der Waals surface area contributed by atoms with E-state index in [1.54, 1.807) is 0 Å². The number of nitrogens with zero attached hydrogens (tertiary/aromatic N) is 1. The monoisotopic (exact) mass is 290 g/mol. The lowest BCUT2D eigenvalue weighted by Gasteiger charge is -2.35. The Morgan fingerprint density at radius 2 is 2.24 bits per heavy atom. The standard InChI is InChI=1S/C16H22N2O3/c19-16(20)15(12-5-2-1-3-6-12)17-9-14-10-18-8-4-7-13(18)11-21-14/h1-3,5-6,13-15,17H,4,7-11H2,(H,19,20). The van der Waals surface area contributed by atoms with Gasteiger partial charge in [0.15, 0.2) is 0 Å². The maximum Gasteiger partial charge on any atom is 0.325 e. The van der Waals surface area contributed by atoms with Gasteiger partial charge in [-0.25, -0.2) is 0 Å². The molecular formula is C16H22N2O3. The molecule has 3 rings (SSSR count). The zero-order chi connectivity index (χ0) is 14.7. The third kappa shape index (κ3) is 3.43. The van der Waals surface area contributed by atoms with Gasteiger partial charge >= 0.3 is 5.97 Å². The van der Waals surface area contributed by atoms with Crippen molar-refractivity contribution >= 4 is 5.97 Å². The molecule has 5 nitrogen and oxygen atoms in total. The summed E-state index contributed by atoms with van der Waals surface area (Å²) in [7, 11) is 0. The van der Waals surface area contributed by atoms with Crippen LogP contribution in [0.5, 0.6) is 0 Å². The summed E-state index contributed by atoms with van der Waals surface area (Å²) in [4.78, 5) is 13.9. The smallest absolute Gasteiger partial charge is 0.325 e. The fourth-order valence-electron chi connectivity index (χ4n) is 3.25. The second-order valence-electron chi connectivity index (χ2n) is 5.84. The van der Waals surface area contributed by atoms with Gasteiger partial charge in [-0.1, -0.05) is 30.3 Å². The minimum Gasteiger partial charge on any atom is -0.480 e. The predicted octanol–water partition coefficient (Wildman–Crippen LogP) is 1.27. The Hall–Kier alpha value is -1.43. The van der Waals surface area contributed by atoms with E-state index in [-0.39, 0.29) is 6.10 Å². The number of hydrogen-bond donors (Lipinski definition) is 2. The van der Waals surface area contributed by atoms with Crippen LogP contribution in [-0.4, -0.2) is 54.4 Å². The first-order chi connectivity index (χ1) is 10.2. The van der Waals surface area contributed by atoms with Crippen LogP contribution in [0.2, 0.25) is 0 Å². The number of carboxylic acid groups (broad SMARTS) is 1. The van der Waals surface area contributed by atoms with E-state index in [0.29, 0.717) is 12.6 Å². The maximum absolute atomic E-state index is 11.4. The van der Waals surface area contributed by atoms with E-state index in [2.05, 4.69) is 10.2 Å². The van der Waals surface area contributed by atoms with Crippen molar-refractivity contribution in [1.29, 1.82) is 0 Å².